The summed E-state index contributed by atoms with van der Waals surface area (Å²) < 4.78 is 11.5. The van der Waals surface area contributed by atoms with Crippen LogP contribution < -0.4 is 10.2 Å². The van der Waals surface area contributed by atoms with Crippen LogP contribution >= 0.6 is 35.3 Å². The maximum atomic E-state index is 6.07. The van der Waals surface area contributed by atoms with Crippen LogP contribution in [0.1, 0.15) is 24.0 Å². The van der Waals surface area contributed by atoms with Gasteiger partial charge in [-0.3, -0.25) is 4.99 Å². The Kier molecular flexibility index (Phi) is 9.89. The second-order valence-electron chi connectivity index (χ2n) is 7.77. The quantitative estimate of drug-likeness (QED) is 0.332. The van der Waals surface area contributed by atoms with Gasteiger partial charge in [-0.05, 0) is 41.5 Å². The largest absolute Gasteiger partial charge is 0.381 e. The highest BCUT2D eigenvalue weighted by molar-refractivity contribution is 14.0. The molecule has 1 N–H and O–H groups in total. The third kappa shape index (κ3) is 7.06. The Bertz CT molecular complexity index is 804. The zero-order chi connectivity index (χ0) is 20.6. The van der Waals surface area contributed by atoms with Crippen molar-refractivity contribution in [2.24, 2.45) is 4.99 Å². The Morgan fingerprint density at radius 2 is 1.90 bits per heavy atom. The lowest BCUT2D eigenvalue weighted by molar-refractivity contribution is -0.0390. The fraction of sp³-hybridized carbons (Fsp3) is 0.522. The number of benzene rings is 1. The topological polar surface area (TPSA) is 49.3 Å². The highest BCUT2D eigenvalue weighted by Gasteiger charge is 2.20. The summed E-state index contributed by atoms with van der Waals surface area (Å²) in [6.07, 6.45) is 2.32. The van der Waals surface area contributed by atoms with Crippen molar-refractivity contribution in [2.75, 3.05) is 51.3 Å². The maximum Gasteiger partial charge on any atom is 0.194 e. The summed E-state index contributed by atoms with van der Waals surface area (Å²) in [4.78, 5) is 9.32. The molecule has 0 amide bonds. The molecule has 0 saturated carbocycles. The Hall–Kier alpha value is -1.36. The Morgan fingerprint density at radius 1 is 1.13 bits per heavy atom. The lowest BCUT2D eigenvalue weighted by Crippen LogP contribution is -2.52. The average Bonchev–Trinajstić information content (AvgIpc) is 3.35. The number of nitrogens with zero attached hydrogens (tertiary/aromatic N) is 3. The van der Waals surface area contributed by atoms with Gasteiger partial charge in [0.25, 0.3) is 0 Å². The van der Waals surface area contributed by atoms with Crippen LogP contribution in [0.2, 0.25) is 0 Å². The van der Waals surface area contributed by atoms with E-state index in [4.69, 9.17) is 9.47 Å². The molecule has 0 aliphatic carbocycles. The zero-order valence-corrected chi connectivity index (χ0v) is 21.3. The minimum atomic E-state index is 0. The summed E-state index contributed by atoms with van der Waals surface area (Å²) in [6.45, 7) is 7.08. The monoisotopic (exact) mass is 556 g/mol. The molecule has 2 fully saturated rings. The molecule has 0 spiro atoms. The number of piperazine rings is 1. The molecule has 170 valence electrons. The number of hydrogen-bond acceptors (Lipinski definition) is 5. The van der Waals surface area contributed by atoms with Crippen molar-refractivity contribution in [1.29, 1.82) is 0 Å². The van der Waals surface area contributed by atoms with E-state index in [0.29, 0.717) is 12.7 Å². The summed E-state index contributed by atoms with van der Waals surface area (Å²) in [6, 6.07) is 13.0. The third-order valence-electron chi connectivity index (χ3n) is 5.70. The SMILES string of the molecule is CN=C(NCc1cccc(COC2CCOCC2)c1)N1CCN(c2cccs2)CC1.I. The first-order valence-corrected chi connectivity index (χ1v) is 11.7. The van der Waals surface area contributed by atoms with Crippen LogP contribution in [-0.2, 0) is 22.6 Å². The molecule has 0 bridgehead atoms. The fourth-order valence-corrected chi connectivity index (χ4v) is 4.77. The van der Waals surface area contributed by atoms with Crippen LogP contribution in [0.25, 0.3) is 0 Å². The molecule has 1 aromatic carbocycles. The molecule has 31 heavy (non-hydrogen) atoms. The van der Waals surface area contributed by atoms with Crippen LogP contribution in [0, 0.1) is 0 Å². The van der Waals surface area contributed by atoms with Gasteiger partial charge in [0.1, 0.15) is 0 Å². The van der Waals surface area contributed by atoms with Gasteiger partial charge < -0.3 is 24.6 Å². The minimum Gasteiger partial charge on any atom is -0.381 e. The number of rotatable bonds is 6. The molecule has 0 unspecified atom stereocenters. The van der Waals surface area contributed by atoms with E-state index < -0.39 is 0 Å². The molecule has 0 radical (unpaired) electrons. The van der Waals surface area contributed by atoms with Gasteiger partial charge in [-0.2, -0.15) is 0 Å². The molecule has 4 rings (SSSR count). The van der Waals surface area contributed by atoms with Crippen molar-refractivity contribution < 1.29 is 9.47 Å². The normalized spacial score (nSPS) is 18.0. The van der Waals surface area contributed by atoms with E-state index in [0.717, 1.165) is 64.7 Å². The van der Waals surface area contributed by atoms with Gasteiger partial charge in [0.2, 0.25) is 0 Å². The van der Waals surface area contributed by atoms with E-state index in [1.165, 1.54) is 16.1 Å². The van der Waals surface area contributed by atoms with Gasteiger partial charge in [-0.15, -0.1) is 35.3 Å². The van der Waals surface area contributed by atoms with Gasteiger partial charge in [0, 0.05) is 53.0 Å². The predicted octanol–water partition coefficient (Wildman–Crippen LogP) is 3.96. The number of aliphatic imine (C=N–C) groups is 1. The fourth-order valence-electron chi connectivity index (χ4n) is 3.99. The molecular weight excluding hydrogens is 523 g/mol. The molecule has 0 atom stereocenters. The number of ether oxygens (including phenoxy) is 2. The molecule has 2 aliphatic heterocycles. The summed E-state index contributed by atoms with van der Waals surface area (Å²) in [5.41, 5.74) is 2.47. The molecule has 2 aromatic rings. The van der Waals surface area contributed by atoms with E-state index >= 15 is 0 Å². The van der Waals surface area contributed by atoms with Crippen molar-refractivity contribution in [3.05, 3.63) is 52.9 Å². The van der Waals surface area contributed by atoms with E-state index in [-0.39, 0.29) is 24.0 Å². The third-order valence-corrected chi connectivity index (χ3v) is 6.63. The molecule has 6 nitrogen and oxygen atoms in total. The van der Waals surface area contributed by atoms with Gasteiger partial charge in [0.15, 0.2) is 5.96 Å². The summed E-state index contributed by atoms with van der Waals surface area (Å²) in [7, 11) is 1.87. The van der Waals surface area contributed by atoms with E-state index in [1.54, 1.807) is 0 Å². The maximum absolute atomic E-state index is 6.07. The Balaban J connectivity index is 0.00000272. The summed E-state index contributed by atoms with van der Waals surface area (Å²) >= 11 is 1.81. The molecule has 2 aliphatic rings. The average molecular weight is 557 g/mol. The van der Waals surface area contributed by atoms with Crippen LogP contribution in [0.15, 0.2) is 46.8 Å². The highest BCUT2D eigenvalue weighted by atomic mass is 127. The molecule has 8 heteroatoms. The standard InChI is InChI=1S/C23H32N4O2S.HI/c1-24-23(27-11-9-26(10-12-27)22-6-3-15-30-22)25-17-19-4-2-5-20(16-19)18-29-21-7-13-28-14-8-21;/h2-6,15-16,21H,7-14,17-18H2,1H3,(H,24,25);1H. The number of guanidine groups is 1. The van der Waals surface area contributed by atoms with Crippen molar-refractivity contribution in [2.45, 2.75) is 32.1 Å². The Labute approximate surface area is 206 Å². The van der Waals surface area contributed by atoms with Crippen molar-refractivity contribution in [3.63, 3.8) is 0 Å². The second kappa shape index (κ2) is 12.6. The Morgan fingerprint density at radius 3 is 2.61 bits per heavy atom. The lowest BCUT2D eigenvalue weighted by atomic mass is 10.1. The van der Waals surface area contributed by atoms with Crippen LogP contribution in [0.4, 0.5) is 5.00 Å². The van der Waals surface area contributed by atoms with E-state index in [1.807, 2.05) is 18.4 Å². The first-order valence-electron chi connectivity index (χ1n) is 10.8. The first kappa shape index (κ1) is 24.3. The predicted molar refractivity (Wildman–Crippen MR) is 139 cm³/mol. The zero-order valence-electron chi connectivity index (χ0n) is 18.2. The van der Waals surface area contributed by atoms with Crippen LogP contribution in [0.3, 0.4) is 0 Å². The summed E-state index contributed by atoms with van der Waals surface area (Å²) in [5, 5.41) is 7.04. The van der Waals surface area contributed by atoms with E-state index in [9.17, 15) is 0 Å². The van der Waals surface area contributed by atoms with Gasteiger partial charge in [0.05, 0.1) is 17.7 Å². The molecular formula is C23H33IN4O2S. The number of anilines is 1. The summed E-state index contributed by atoms with van der Waals surface area (Å²) in [5.74, 6) is 0.977. The van der Waals surface area contributed by atoms with Gasteiger partial charge in [-0.25, -0.2) is 0 Å². The first-order chi connectivity index (χ1) is 14.8. The van der Waals surface area contributed by atoms with Crippen LogP contribution in [-0.4, -0.2) is 63.4 Å². The van der Waals surface area contributed by atoms with Crippen molar-refractivity contribution >= 4 is 46.3 Å². The number of hydrogen-bond donors (Lipinski definition) is 1. The second-order valence-corrected chi connectivity index (χ2v) is 8.69. The van der Waals surface area contributed by atoms with Crippen molar-refractivity contribution in [3.8, 4) is 0 Å². The molecule has 3 heterocycles. The van der Waals surface area contributed by atoms with Gasteiger partial charge in [-0.1, -0.05) is 24.3 Å². The van der Waals surface area contributed by atoms with Gasteiger partial charge >= 0.3 is 0 Å². The van der Waals surface area contributed by atoms with Crippen molar-refractivity contribution in [1.82, 2.24) is 10.2 Å². The molecule has 2 saturated heterocycles. The van der Waals surface area contributed by atoms with E-state index in [2.05, 4.69) is 61.9 Å². The number of nitrogens with one attached hydrogen (secondary N) is 1. The minimum absolute atomic E-state index is 0. The highest BCUT2D eigenvalue weighted by Crippen LogP contribution is 2.22. The number of halogens is 1. The lowest BCUT2D eigenvalue weighted by Gasteiger charge is -2.37. The smallest absolute Gasteiger partial charge is 0.194 e. The number of thiophene rings is 1. The molecule has 1 aromatic heterocycles. The van der Waals surface area contributed by atoms with Crippen LogP contribution in [0.5, 0.6) is 0 Å².